The maximum atomic E-state index is 13.4. The van der Waals surface area contributed by atoms with Crippen LogP contribution in [0.4, 0.5) is 8.78 Å². The van der Waals surface area contributed by atoms with Gasteiger partial charge in [0.25, 0.3) is 0 Å². The summed E-state index contributed by atoms with van der Waals surface area (Å²) in [6, 6.07) is 4.52. The number of thioether (sulfide) groups is 1. The van der Waals surface area contributed by atoms with Crippen molar-refractivity contribution in [3.63, 3.8) is 0 Å². The maximum absolute atomic E-state index is 13.4. The van der Waals surface area contributed by atoms with Gasteiger partial charge < -0.3 is 15.4 Å². The molecular formula is C21H32F2N4OS. The van der Waals surface area contributed by atoms with E-state index in [1.165, 1.54) is 12.1 Å². The second-order valence-corrected chi connectivity index (χ2v) is 9.14. The van der Waals surface area contributed by atoms with Crippen molar-refractivity contribution in [2.45, 2.75) is 43.0 Å². The third-order valence-electron chi connectivity index (χ3n) is 5.96. The number of guanidine groups is 1. The van der Waals surface area contributed by atoms with E-state index in [-0.39, 0.29) is 4.75 Å². The predicted molar refractivity (Wildman–Crippen MR) is 115 cm³/mol. The van der Waals surface area contributed by atoms with Gasteiger partial charge in [0.1, 0.15) is 0 Å². The highest BCUT2D eigenvalue weighted by atomic mass is 32.2. The highest BCUT2D eigenvalue weighted by Gasteiger charge is 2.32. The first-order valence-corrected chi connectivity index (χ1v) is 11.5. The van der Waals surface area contributed by atoms with Crippen LogP contribution in [0.3, 0.4) is 0 Å². The summed E-state index contributed by atoms with van der Waals surface area (Å²) in [7, 11) is 1.81. The van der Waals surface area contributed by atoms with Crippen LogP contribution < -0.4 is 10.6 Å². The lowest BCUT2D eigenvalue weighted by molar-refractivity contribution is 0.0782. The number of hydrogen-bond donors (Lipinski definition) is 2. The first-order chi connectivity index (χ1) is 14.0. The highest BCUT2D eigenvalue weighted by Crippen LogP contribution is 2.33. The molecule has 2 saturated heterocycles. The van der Waals surface area contributed by atoms with Crippen molar-refractivity contribution < 1.29 is 13.5 Å². The molecule has 0 bridgehead atoms. The fraction of sp³-hybridized carbons (Fsp3) is 0.667. The van der Waals surface area contributed by atoms with Crippen molar-refractivity contribution in [1.82, 2.24) is 15.5 Å². The molecule has 2 N–H and O–H groups in total. The zero-order valence-electron chi connectivity index (χ0n) is 17.3. The number of aliphatic imine (C=N–C) groups is 1. The molecule has 2 aliphatic rings. The quantitative estimate of drug-likeness (QED) is 0.541. The molecule has 1 aromatic carbocycles. The van der Waals surface area contributed by atoms with Crippen LogP contribution in [-0.4, -0.2) is 67.8 Å². The number of piperidine rings is 1. The highest BCUT2D eigenvalue weighted by molar-refractivity contribution is 8.00. The average Bonchev–Trinajstić information content (AvgIpc) is 2.75. The summed E-state index contributed by atoms with van der Waals surface area (Å²) in [6.07, 6.45) is 6.27. The van der Waals surface area contributed by atoms with Crippen LogP contribution in [0.2, 0.25) is 0 Å². The Morgan fingerprint density at radius 3 is 2.59 bits per heavy atom. The number of benzene rings is 1. The van der Waals surface area contributed by atoms with Crippen LogP contribution in [0.5, 0.6) is 0 Å². The zero-order valence-corrected chi connectivity index (χ0v) is 18.2. The van der Waals surface area contributed by atoms with Gasteiger partial charge in [-0.25, -0.2) is 8.78 Å². The van der Waals surface area contributed by atoms with Gasteiger partial charge in [0.05, 0.1) is 0 Å². The summed E-state index contributed by atoms with van der Waals surface area (Å²) in [6.45, 7) is 5.01. The van der Waals surface area contributed by atoms with E-state index in [0.717, 1.165) is 70.1 Å². The van der Waals surface area contributed by atoms with Crippen molar-refractivity contribution in [2.75, 3.05) is 46.2 Å². The maximum Gasteiger partial charge on any atom is 0.191 e. The molecule has 3 rings (SSSR count). The summed E-state index contributed by atoms with van der Waals surface area (Å²) < 4.78 is 32.2. The Morgan fingerprint density at radius 2 is 1.97 bits per heavy atom. The monoisotopic (exact) mass is 426 g/mol. The normalized spacial score (nSPS) is 21.2. The summed E-state index contributed by atoms with van der Waals surface area (Å²) in [5.74, 6) is -0.718. The minimum atomic E-state index is -0.792. The molecule has 0 saturated carbocycles. The molecule has 1 aromatic rings. The van der Waals surface area contributed by atoms with Gasteiger partial charge in [-0.1, -0.05) is 6.07 Å². The third-order valence-corrected chi connectivity index (χ3v) is 7.38. The lowest BCUT2D eigenvalue weighted by atomic mass is 9.99. The fourth-order valence-electron chi connectivity index (χ4n) is 3.96. The van der Waals surface area contributed by atoms with Crippen molar-refractivity contribution in [3.05, 3.63) is 35.4 Å². The molecule has 162 valence electrons. The van der Waals surface area contributed by atoms with Gasteiger partial charge in [0.15, 0.2) is 17.6 Å². The molecule has 0 amide bonds. The topological polar surface area (TPSA) is 48.9 Å². The summed E-state index contributed by atoms with van der Waals surface area (Å²) >= 11 is 1.91. The second kappa shape index (κ2) is 10.6. The summed E-state index contributed by atoms with van der Waals surface area (Å²) in [5, 5.41) is 7.06. The number of rotatable bonds is 6. The lowest BCUT2D eigenvalue weighted by Crippen LogP contribution is -2.52. The number of nitrogens with zero attached hydrogens (tertiary/aromatic N) is 2. The molecule has 0 radical (unpaired) electrons. The van der Waals surface area contributed by atoms with Gasteiger partial charge in [0.2, 0.25) is 0 Å². The minimum absolute atomic E-state index is 0.212. The number of nitrogens with one attached hydrogen (secondary N) is 2. The first-order valence-electron chi connectivity index (χ1n) is 10.3. The Labute approximate surface area is 176 Å². The van der Waals surface area contributed by atoms with Crippen LogP contribution in [0, 0.1) is 11.6 Å². The Morgan fingerprint density at radius 1 is 1.24 bits per heavy atom. The number of ether oxygens (including phenoxy) is 1. The van der Waals surface area contributed by atoms with Crippen LogP contribution in [0.25, 0.3) is 0 Å². The third kappa shape index (κ3) is 6.30. The van der Waals surface area contributed by atoms with E-state index in [4.69, 9.17) is 4.74 Å². The number of hydrogen-bond acceptors (Lipinski definition) is 4. The number of likely N-dealkylation sites (tertiary alicyclic amines) is 1. The molecule has 29 heavy (non-hydrogen) atoms. The Kier molecular flexibility index (Phi) is 8.15. The van der Waals surface area contributed by atoms with E-state index in [1.807, 2.05) is 18.8 Å². The van der Waals surface area contributed by atoms with E-state index in [0.29, 0.717) is 12.6 Å². The Bertz CT molecular complexity index is 689. The predicted octanol–water partition coefficient (Wildman–Crippen LogP) is 3.01. The lowest BCUT2D eigenvalue weighted by Gasteiger charge is -2.37. The Balaban J connectivity index is 1.43. The molecule has 2 aliphatic heterocycles. The van der Waals surface area contributed by atoms with E-state index < -0.39 is 11.6 Å². The molecule has 0 atom stereocenters. The van der Waals surface area contributed by atoms with Gasteiger partial charge in [0, 0.05) is 57.2 Å². The Hall–Kier alpha value is -1.38. The number of halogens is 2. The summed E-state index contributed by atoms with van der Waals surface area (Å²) in [4.78, 5) is 6.68. The summed E-state index contributed by atoms with van der Waals surface area (Å²) in [5.41, 5.74) is 0.812. The minimum Gasteiger partial charge on any atom is -0.381 e. The van der Waals surface area contributed by atoms with Crippen LogP contribution in [0.1, 0.15) is 31.2 Å². The molecular weight excluding hydrogens is 394 g/mol. The van der Waals surface area contributed by atoms with Crippen molar-refractivity contribution in [2.24, 2.45) is 4.99 Å². The van der Waals surface area contributed by atoms with Crippen molar-refractivity contribution in [3.8, 4) is 0 Å². The molecule has 0 aromatic heterocycles. The van der Waals surface area contributed by atoms with E-state index in [9.17, 15) is 8.78 Å². The molecule has 2 heterocycles. The molecule has 0 unspecified atom stereocenters. The van der Waals surface area contributed by atoms with Gasteiger partial charge in [-0.3, -0.25) is 9.89 Å². The smallest absolute Gasteiger partial charge is 0.191 e. The fourth-order valence-corrected chi connectivity index (χ4v) is 4.75. The SMILES string of the molecule is CN=C(NCC1(SC)CCOCC1)NC1CCN(Cc2ccc(F)c(F)c2)CC1. The van der Waals surface area contributed by atoms with Gasteiger partial charge >= 0.3 is 0 Å². The van der Waals surface area contributed by atoms with Gasteiger partial charge in [-0.05, 0) is 49.6 Å². The molecule has 0 spiro atoms. The van der Waals surface area contributed by atoms with Crippen LogP contribution in [-0.2, 0) is 11.3 Å². The average molecular weight is 427 g/mol. The van der Waals surface area contributed by atoms with Crippen molar-refractivity contribution in [1.29, 1.82) is 0 Å². The molecule has 0 aliphatic carbocycles. The second-order valence-electron chi connectivity index (χ2n) is 7.87. The zero-order chi connectivity index (χ0) is 20.7. The van der Waals surface area contributed by atoms with Crippen LogP contribution in [0.15, 0.2) is 23.2 Å². The molecule has 8 heteroatoms. The van der Waals surface area contributed by atoms with E-state index in [1.54, 1.807) is 6.07 Å². The standard InChI is InChI=1S/C21H32F2N4OS/c1-24-20(25-15-21(29-2)7-11-28-12-8-21)26-17-5-9-27(10-6-17)14-16-3-4-18(22)19(23)13-16/h3-4,13,17H,5-12,14-15H2,1-2H3,(H2,24,25,26). The van der Waals surface area contributed by atoms with E-state index >= 15 is 0 Å². The van der Waals surface area contributed by atoms with Gasteiger partial charge in [-0.15, -0.1) is 0 Å². The van der Waals surface area contributed by atoms with E-state index in [2.05, 4.69) is 26.8 Å². The van der Waals surface area contributed by atoms with Gasteiger partial charge in [-0.2, -0.15) is 11.8 Å². The molecule has 2 fully saturated rings. The molecule has 5 nitrogen and oxygen atoms in total. The van der Waals surface area contributed by atoms with Crippen LogP contribution >= 0.6 is 11.8 Å². The first kappa shape index (κ1) is 22.3. The largest absolute Gasteiger partial charge is 0.381 e. The van der Waals surface area contributed by atoms with Crippen molar-refractivity contribution >= 4 is 17.7 Å².